The number of halogens is 1. The number of fused-ring (bicyclic) bond motifs is 2. The number of nitrogens with zero attached hydrogens (tertiary/aromatic N) is 1. The number of hydrogen-bond acceptors (Lipinski definition) is 5. The van der Waals surface area contributed by atoms with Gasteiger partial charge < -0.3 is 19.9 Å². The zero-order chi connectivity index (χ0) is 23.7. The van der Waals surface area contributed by atoms with Gasteiger partial charge >= 0.3 is 12.1 Å². The van der Waals surface area contributed by atoms with Crippen LogP contribution in [0.4, 0.5) is 14.9 Å². The smallest absolute Gasteiger partial charge is 0.414 e. The third-order valence-electron chi connectivity index (χ3n) is 7.37. The number of nitrogens with one attached hydrogen (secondary N) is 1. The molecule has 1 saturated carbocycles. The first-order chi connectivity index (χ1) is 16.5. The number of aliphatic carboxylic acids is 1. The molecule has 1 aliphatic carbocycles. The second kappa shape index (κ2) is 9.72. The molecule has 2 aliphatic heterocycles. The zero-order valence-electron chi connectivity index (χ0n) is 18.9. The number of carbonyl (C=O) groups is 2. The van der Waals surface area contributed by atoms with Crippen molar-refractivity contribution in [2.24, 2.45) is 11.8 Å². The Morgan fingerprint density at radius 1 is 1.18 bits per heavy atom. The van der Waals surface area contributed by atoms with E-state index in [2.05, 4.69) is 5.32 Å². The molecule has 0 bridgehead atoms. The molecule has 0 spiro atoms. The van der Waals surface area contributed by atoms with Crippen molar-refractivity contribution in [2.75, 3.05) is 24.7 Å². The lowest BCUT2D eigenvalue weighted by Gasteiger charge is -2.53. The number of carbonyl (C=O) groups excluding carboxylic acids is 1. The van der Waals surface area contributed by atoms with Gasteiger partial charge in [0.2, 0.25) is 0 Å². The van der Waals surface area contributed by atoms with Gasteiger partial charge in [0, 0.05) is 12.0 Å². The van der Waals surface area contributed by atoms with E-state index in [0.29, 0.717) is 37.4 Å². The summed E-state index contributed by atoms with van der Waals surface area (Å²) in [4.78, 5) is 27.1. The SMILES string of the molecule is O=C(O)C(CCNC1COC1)C1c2ccc(F)cc2N(C(=O)OCc2ccccc2)[C@@H]2CC[C@H]12. The molecule has 7 nitrogen and oxygen atoms in total. The minimum absolute atomic E-state index is 0.00428. The highest BCUT2D eigenvalue weighted by Gasteiger charge is 2.52. The lowest BCUT2D eigenvalue weighted by atomic mass is 9.61. The molecular formula is C26H29FN2O5. The Morgan fingerprint density at radius 2 is 1.97 bits per heavy atom. The lowest BCUT2D eigenvalue weighted by Crippen LogP contribution is -2.57. The minimum atomic E-state index is -0.863. The Kier molecular flexibility index (Phi) is 6.52. The zero-order valence-corrected chi connectivity index (χ0v) is 18.9. The van der Waals surface area contributed by atoms with Crippen molar-refractivity contribution in [2.45, 2.75) is 43.9 Å². The molecule has 2 aromatic carbocycles. The fourth-order valence-electron chi connectivity index (χ4n) is 5.46. The summed E-state index contributed by atoms with van der Waals surface area (Å²) in [6.07, 6.45) is 1.49. The van der Waals surface area contributed by atoms with E-state index in [1.165, 1.54) is 12.1 Å². The Bertz CT molecular complexity index is 1040. The van der Waals surface area contributed by atoms with Crippen molar-refractivity contribution >= 4 is 17.7 Å². The van der Waals surface area contributed by atoms with E-state index in [1.807, 2.05) is 30.3 Å². The van der Waals surface area contributed by atoms with E-state index in [-0.39, 0.29) is 30.5 Å². The van der Waals surface area contributed by atoms with Crippen LogP contribution in [0, 0.1) is 17.7 Å². The first-order valence-electron chi connectivity index (χ1n) is 11.9. The average Bonchev–Trinajstić information content (AvgIpc) is 2.77. The van der Waals surface area contributed by atoms with E-state index in [1.54, 1.807) is 11.0 Å². The second-order valence-corrected chi connectivity index (χ2v) is 9.37. The molecule has 2 fully saturated rings. The van der Waals surface area contributed by atoms with Gasteiger partial charge in [-0.3, -0.25) is 9.69 Å². The molecule has 3 aliphatic rings. The van der Waals surface area contributed by atoms with Gasteiger partial charge in [-0.15, -0.1) is 0 Å². The molecule has 4 atom stereocenters. The molecule has 180 valence electrons. The summed E-state index contributed by atoms with van der Waals surface area (Å²) < 4.78 is 25.1. The molecule has 5 rings (SSSR count). The van der Waals surface area contributed by atoms with Gasteiger partial charge in [0.15, 0.2) is 0 Å². The van der Waals surface area contributed by atoms with Crippen molar-refractivity contribution in [1.29, 1.82) is 0 Å². The number of anilines is 1. The van der Waals surface area contributed by atoms with Gasteiger partial charge in [-0.05, 0) is 55.0 Å². The minimum Gasteiger partial charge on any atom is -0.481 e. The molecule has 0 radical (unpaired) electrons. The Hall–Kier alpha value is -2.97. The normalized spacial score (nSPS) is 24.3. The van der Waals surface area contributed by atoms with Crippen LogP contribution in [0.1, 0.15) is 36.3 Å². The number of rotatable bonds is 8. The summed E-state index contributed by atoms with van der Waals surface area (Å²) in [7, 11) is 0. The number of amides is 1. The molecule has 2 unspecified atom stereocenters. The summed E-state index contributed by atoms with van der Waals surface area (Å²) >= 11 is 0. The maximum absolute atomic E-state index is 14.3. The van der Waals surface area contributed by atoms with E-state index in [4.69, 9.17) is 9.47 Å². The standard InChI is InChI=1S/C26H29FN2O5/c27-17-6-7-20-23(12-17)29(26(32)34-13-16-4-2-1-3-5-16)22-9-8-19(22)24(20)21(25(30)31)10-11-28-18-14-33-15-18/h1-7,12,18-19,21-22,24,28H,8-11,13-15H2,(H,30,31)/t19-,21?,22+,24?/m0/s1. The molecule has 2 N–H and O–H groups in total. The third kappa shape index (κ3) is 4.40. The summed E-state index contributed by atoms with van der Waals surface area (Å²) in [5, 5.41) is 13.5. The third-order valence-corrected chi connectivity index (χ3v) is 7.37. The maximum atomic E-state index is 14.3. The predicted octanol–water partition coefficient (Wildman–Crippen LogP) is 3.92. The monoisotopic (exact) mass is 468 g/mol. The van der Waals surface area contributed by atoms with E-state index < -0.39 is 23.8 Å². The maximum Gasteiger partial charge on any atom is 0.414 e. The number of benzene rings is 2. The highest BCUT2D eigenvalue weighted by atomic mass is 19.1. The van der Waals surface area contributed by atoms with Crippen LogP contribution in [-0.4, -0.2) is 49.0 Å². The first kappa shape index (κ1) is 22.8. The van der Waals surface area contributed by atoms with Crippen molar-refractivity contribution < 1.29 is 28.6 Å². The fourth-order valence-corrected chi connectivity index (χ4v) is 5.46. The molecular weight excluding hydrogens is 439 g/mol. The Labute approximate surface area is 197 Å². The number of carboxylic acids is 1. The summed E-state index contributed by atoms with van der Waals surface area (Å²) in [6.45, 7) is 1.98. The molecule has 34 heavy (non-hydrogen) atoms. The van der Waals surface area contributed by atoms with Crippen molar-refractivity contribution in [1.82, 2.24) is 5.32 Å². The van der Waals surface area contributed by atoms with Gasteiger partial charge in [0.1, 0.15) is 12.4 Å². The number of hydrogen-bond donors (Lipinski definition) is 2. The molecule has 2 aromatic rings. The largest absolute Gasteiger partial charge is 0.481 e. The van der Waals surface area contributed by atoms with E-state index >= 15 is 0 Å². The second-order valence-electron chi connectivity index (χ2n) is 9.37. The summed E-state index contributed by atoms with van der Waals surface area (Å²) in [5.41, 5.74) is 2.00. The highest BCUT2D eigenvalue weighted by Crippen LogP contribution is 2.54. The average molecular weight is 469 g/mol. The first-order valence-corrected chi connectivity index (χ1v) is 11.9. The highest BCUT2D eigenvalue weighted by molar-refractivity contribution is 5.91. The van der Waals surface area contributed by atoms with Crippen molar-refractivity contribution in [3.63, 3.8) is 0 Å². The van der Waals surface area contributed by atoms with Gasteiger partial charge in [-0.1, -0.05) is 36.4 Å². The van der Waals surface area contributed by atoms with Crippen molar-refractivity contribution in [3.8, 4) is 0 Å². The molecule has 1 saturated heterocycles. The van der Waals surface area contributed by atoms with E-state index in [0.717, 1.165) is 18.4 Å². The predicted molar refractivity (Wildman–Crippen MR) is 123 cm³/mol. The number of ether oxygens (including phenoxy) is 2. The molecule has 8 heteroatoms. The lowest BCUT2D eigenvalue weighted by molar-refractivity contribution is -0.144. The van der Waals surface area contributed by atoms with Gasteiger partial charge in [-0.2, -0.15) is 0 Å². The van der Waals surface area contributed by atoms with Crippen molar-refractivity contribution in [3.05, 3.63) is 65.5 Å². The van der Waals surface area contributed by atoms with Gasteiger partial charge in [0.05, 0.1) is 30.9 Å². The Morgan fingerprint density at radius 3 is 2.62 bits per heavy atom. The molecule has 2 heterocycles. The van der Waals surface area contributed by atoms with Crippen LogP contribution in [0.3, 0.4) is 0 Å². The Balaban J connectivity index is 1.39. The van der Waals surface area contributed by atoms with Crippen LogP contribution in [-0.2, 0) is 20.9 Å². The fraction of sp³-hybridized carbons (Fsp3) is 0.462. The van der Waals surface area contributed by atoms with E-state index in [9.17, 15) is 19.1 Å². The van der Waals surface area contributed by atoms with Gasteiger partial charge in [-0.25, -0.2) is 9.18 Å². The van der Waals surface area contributed by atoms with Crippen LogP contribution in [0.25, 0.3) is 0 Å². The molecule has 0 aromatic heterocycles. The quantitative estimate of drug-likeness (QED) is 0.611. The van der Waals surface area contributed by atoms with Crippen LogP contribution >= 0.6 is 0 Å². The summed E-state index contributed by atoms with van der Waals surface area (Å²) in [6, 6.07) is 13.8. The van der Waals surface area contributed by atoms with Crippen LogP contribution in [0.5, 0.6) is 0 Å². The number of carboxylic acid groups (broad SMARTS) is 1. The summed E-state index contributed by atoms with van der Waals surface area (Å²) in [5.74, 6) is -2.25. The topological polar surface area (TPSA) is 88.1 Å². The van der Waals surface area contributed by atoms with Crippen LogP contribution in [0.2, 0.25) is 0 Å². The van der Waals surface area contributed by atoms with Gasteiger partial charge in [0.25, 0.3) is 0 Å². The van der Waals surface area contributed by atoms with Crippen LogP contribution < -0.4 is 10.2 Å². The van der Waals surface area contributed by atoms with Crippen LogP contribution in [0.15, 0.2) is 48.5 Å². The molecule has 1 amide bonds.